The van der Waals surface area contributed by atoms with Gasteiger partial charge in [-0.15, -0.1) is 11.8 Å². The van der Waals surface area contributed by atoms with E-state index in [0.29, 0.717) is 23.7 Å². The van der Waals surface area contributed by atoms with E-state index in [0.717, 1.165) is 18.6 Å². The lowest BCUT2D eigenvalue weighted by atomic mass is 9.80. The molecule has 1 aliphatic heterocycles. The molecule has 7 nitrogen and oxygen atoms in total. The molecule has 0 aromatic heterocycles. The highest BCUT2D eigenvalue weighted by atomic mass is 32.2. The van der Waals surface area contributed by atoms with Gasteiger partial charge in [-0.3, -0.25) is 14.9 Å². The largest absolute Gasteiger partial charge is 0.425 e. The fourth-order valence-corrected chi connectivity index (χ4v) is 6.30. The van der Waals surface area contributed by atoms with Crippen LogP contribution in [0.4, 0.5) is 0 Å². The Morgan fingerprint density at radius 3 is 2.54 bits per heavy atom. The quantitative estimate of drug-likeness (QED) is 0.215. The average Bonchev–Trinajstić information content (AvgIpc) is 2.86. The first kappa shape index (κ1) is 28.0. The molecule has 2 fully saturated rings. The third-order valence-corrected chi connectivity index (χ3v) is 8.58. The second-order valence-electron chi connectivity index (χ2n) is 9.48. The average molecular weight is 522 g/mol. The highest BCUT2D eigenvalue weighted by Gasteiger charge is 2.36. The van der Waals surface area contributed by atoms with Gasteiger partial charge < -0.3 is 15.8 Å². The zero-order chi connectivity index (χ0) is 25.2. The van der Waals surface area contributed by atoms with E-state index in [1.54, 1.807) is 36.0 Å². The van der Waals surface area contributed by atoms with E-state index in [1.807, 2.05) is 6.26 Å². The Kier molecular flexibility index (Phi) is 11.4. The summed E-state index contributed by atoms with van der Waals surface area (Å²) >= 11 is 3.04. The highest BCUT2D eigenvalue weighted by Crippen LogP contribution is 2.31. The van der Waals surface area contributed by atoms with Gasteiger partial charge in [-0.2, -0.15) is 11.8 Å². The van der Waals surface area contributed by atoms with Crippen LogP contribution in [0, 0.1) is 11.8 Å². The summed E-state index contributed by atoms with van der Waals surface area (Å²) in [7, 11) is 0. The van der Waals surface area contributed by atoms with Gasteiger partial charge in [-0.1, -0.05) is 39.0 Å². The molecule has 1 heterocycles. The number of carbonyl (C=O) groups is 3. The number of nitrogens with two attached hydrogens (primary N) is 1. The van der Waals surface area contributed by atoms with Crippen molar-refractivity contribution in [3.05, 3.63) is 29.8 Å². The van der Waals surface area contributed by atoms with Crippen molar-refractivity contribution in [1.82, 2.24) is 10.6 Å². The second-order valence-corrected chi connectivity index (χ2v) is 11.6. The van der Waals surface area contributed by atoms with Crippen LogP contribution in [0.1, 0.15) is 68.6 Å². The Morgan fingerprint density at radius 2 is 1.89 bits per heavy atom. The molecule has 0 radical (unpaired) electrons. The van der Waals surface area contributed by atoms with Crippen LogP contribution in [0.2, 0.25) is 0 Å². The van der Waals surface area contributed by atoms with Crippen LogP contribution in [-0.2, 0) is 9.59 Å². The SMILES string of the molecule is CCC1C(=O)NC(SCC(=O)c2ccc(OC(=O)C(N)CCSC)cc2)NC1CC1CCCCC1. The van der Waals surface area contributed by atoms with Crippen molar-refractivity contribution in [2.75, 3.05) is 17.8 Å². The van der Waals surface area contributed by atoms with Crippen molar-refractivity contribution in [3.63, 3.8) is 0 Å². The molecule has 4 N–H and O–H groups in total. The van der Waals surface area contributed by atoms with Gasteiger partial charge in [0.15, 0.2) is 5.78 Å². The molecule has 1 saturated heterocycles. The molecule has 1 aliphatic carbocycles. The second kappa shape index (κ2) is 14.3. The summed E-state index contributed by atoms with van der Waals surface area (Å²) in [5, 5.41) is 6.64. The molecule has 2 aliphatic rings. The van der Waals surface area contributed by atoms with Crippen LogP contribution in [0.3, 0.4) is 0 Å². The number of amides is 1. The standard InChI is InChI=1S/C26H39N3O4S2/c1-3-20-22(15-17-7-5-4-6-8-17)28-26(29-24(20)31)35-16-23(30)18-9-11-19(12-10-18)33-25(32)21(27)13-14-34-2/h9-12,17,20-22,26,28H,3-8,13-16,27H2,1-2H3,(H,29,31). The van der Waals surface area contributed by atoms with Crippen LogP contribution >= 0.6 is 23.5 Å². The molecule has 35 heavy (non-hydrogen) atoms. The van der Waals surface area contributed by atoms with E-state index in [2.05, 4.69) is 17.6 Å². The number of carbonyl (C=O) groups excluding carboxylic acids is 3. The zero-order valence-electron chi connectivity index (χ0n) is 20.8. The van der Waals surface area contributed by atoms with Gasteiger partial charge >= 0.3 is 5.97 Å². The normalized spacial score (nSPS) is 24.0. The number of ether oxygens (including phenoxy) is 1. The van der Waals surface area contributed by atoms with Crippen LogP contribution < -0.4 is 21.1 Å². The monoisotopic (exact) mass is 521 g/mol. The first-order chi connectivity index (χ1) is 16.9. The molecule has 4 atom stereocenters. The highest BCUT2D eigenvalue weighted by molar-refractivity contribution is 8.00. The molecule has 9 heteroatoms. The first-order valence-corrected chi connectivity index (χ1v) is 15.1. The smallest absolute Gasteiger partial charge is 0.328 e. The molecule has 4 unspecified atom stereocenters. The molecule has 3 rings (SSSR count). The third kappa shape index (κ3) is 8.51. The number of nitrogens with one attached hydrogen (secondary N) is 2. The van der Waals surface area contributed by atoms with Gasteiger partial charge in [0, 0.05) is 11.6 Å². The molecule has 1 saturated carbocycles. The zero-order valence-corrected chi connectivity index (χ0v) is 22.4. The van der Waals surface area contributed by atoms with E-state index in [9.17, 15) is 14.4 Å². The Labute approximate surface area is 217 Å². The minimum atomic E-state index is -0.660. The number of thioether (sulfide) groups is 2. The number of benzene rings is 1. The maximum atomic E-state index is 12.8. The van der Waals surface area contributed by atoms with Gasteiger partial charge in [0.2, 0.25) is 5.91 Å². The Morgan fingerprint density at radius 1 is 1.17 bits per heavy atom. The van der Waals surface area contributed by atoms with Gasteiger partial charge in [-0.25, -0.2) is 4.79 Å². The van der Waals surface area contributed by atoms with Crippen molar-refractivity contribution in [2.24, 2.45) is 17.6 Å². The van der Waals surface area contributed by atoms with Crippen molar-refractivity contribution >= 4 is 41.2 Å². The van der Waals surface area contributed by atoms with Gasteiger partial charge in [0.05, 0.1) is 11.7 Å². The van der Waals surface area contributed by atoms with E-state index < -0.39 is 12.0 Å². The minimum absolute atomic E-state index is 0.0198. The number of hydrogen-bond donors (Lipinski definition) is 3. The number of Topliss-reactive ketones (excluding diaryl/α,β-unsaturated/α-hetero) is 1. The van der Waals surface area contributed by atoms with Gasteiger partial charge in [0.1, 0.15) is 17.3 Å². The topological polar surface area (TPSA) is 111 Å². The molecular weight excluding hydrogens is 482 g/mol. The molecule has 1 aromatic rings. The van der Waals surface area contributed by atoms with Gasteiger partial charge in [-0.05, 0) is 61.5 Å². The van der Waals surface area contributed by atoms with E-state index >= 15 is 0 Å². The van der Waals surface area contributed by atoms with Crippen molar-refractivity contribution in [3.8, 4) is 5.75 Å². The van der Waals surface area contributed by atoms with E-state index in [4.69, 9.17) is 10.5 Å². The molecule has 194 valence electrons. The Bertz CT molecular complexity index is 846. The van der Waals surface area contributed by atoms with E-state index in [-0.39, 0.29) is 34.9 Å². The Hall–Kier alpha value is -1.55. The number of esters is 1. The summed E-state index contributed by atoms with van der Waals surface area (Å²) in [5.74, 6) is 1.63. The third-order valence-electron chi connectivity index (χ3n) is 6.92. The van der Waals surface area contributed by atoms with Gasteiger partial charge in [0.25, 0.3) is 0 Å². The molecule has 0 bridgehead atoms. The maximum Gasteiger partial charge on any atom is 0.328 e. The fourth-order valence-electron chi connectivity index (χ4n) is 4.85. The summed E-state index contributed by atoms with van der Waals surface area (Å²) in [6.45, 7) is 2.07. The van der Waals surface area contributed by atoms with Crippen molar-refractivity contribution in [2.45, 2.75) is 75.9 Å². The lowest BCUT2D eigenvalue weighted by Crippen LogP contribution is -2.60. The molecule has 1 aromatic carbocycles. The lowest BCUT2D eigenvalue weighted by molar-refractivity contribution is -0.136. The summed E-state index contributed by atoms with van der Waals surface area (Å²) in [5.41, 5.74) is 6.11. The maximum absolute atomic E-state index is 12.8. The van der Waals surface area contributed by atoms with Crippen LogP contribution in [0.25, 0.3) is 0 Å². The summed E-state index contributed by atoms with van der Waals surface area (Å²) in [4.78, 5) is 37.6. The predicted molar refractivity (Wildman–Crippen MR) is 144 cm³/mol. The summed E-state index contributed by atoms with van der Waals surface area (Å²) < 4.78 is 5.32. The fraction of sp³-hybridized carbons (Fsp3) is 0.654. The minimum Gasteiger partial charge on any atom is -0.425 e. The van der Waals surface area contributed by atoms with E-state index in [1.165, 1.54) is 43.9 Å². The van der Waals surface area contributed by atoms with Crippen LogP contribution in [0.15, 0.2) is 24.3 Å². The first-order valence-electron chi connectivity index (χ1n) is 12.7. The van der Waals surface area contributed by atoms with Crippen molar-refractivity contribution in [1.29, 1.82) is 0 Å². The predicted octanol–water partition coefficient (Wildman–Crippen LogP) is 3.96. The van der Waals surface area contributed by atoms with Crippen molar-refractivity contribution < 1.29 is 19.1 Å². The molecule has 0 spiro atoms. The number of ketones is 1. The number of hydrogen-bond acceptors (Lipinski definition) is 8. The van der Waals surface area contributed by atoms with Crippen LogP contribution in [-0.4, -0.2) is 53.0 Å². The summed E-state index contributed by atoms with van der Waals surface area (Å²) in [6, 6.07) is 6.04. The summed E-state index contributed by atoms with van der Waals surface area (Å²) in [6.07, 6.45) is 10.8. The Balaban J connectivity index is 1.49. The number of rotatable bonds is 12. The lowest BCUT2D eigenvalue weighted by Gasteiger charge is -2.39. The van der Waals surface area contributed by atoms with Crippen LogP contribution in [0.5, 0.6) is 5.75 Å². The molecule has 1 amide bonds. The molecular formula is C26H39N3O4S2.